The number of nitro groups is 1. The van der Waals surface area contributed by atoms with E-state index in [1.807, 2.05) is 30.3 Å². The summed E-state index contributed by atoms with van der Waals surface area (Å²) in [7, 11) is 0. The van der Waals surface area contributed by atoms with Gasteiger partial charge in [0.05, 0.1) is 11.0 Å². The second-order valence-corrected chi connectivity index (χ2v) is 6.16. The molecule has 1 fully saturated rings. The van der Waals surface area contributed by atoms with Gasteiger partial charge in [-0.1, -0.05) is 36.8 Å². The predicted molar refractivity (Wildman–Crippen MR) is 92.9 cm³/mol. The molecule has 5 nitrogen and oxygen atoms in total. The van der Waals surface area contributed by atoms with Crippen molar-refractivity contribution in [1.29, 1.82) is 0 Å². The van der Waals surface area contributed by atoms with Crippen LogP contribution in [0.4, 0.5) is 11.4 Å². The number of Topliss-reactive ketones (excluding diaryl/α,β-unsaturated/α-hetero) is 1. The lowest BCUT2D eigenvalue weighted by molar-refractivity contribution is -0.384. The van der Waals surface area contributed by atoms with Gasteiger partial charge in [-0.3, -0.25) is 14.9 Å². The fraction of sp³-hybridized carbons (Fsp3) is 0.316. The Morgan fingerprint density at radius 1 is 1.04 bits per heavy atom. The van der Waals surface area contributed by atoms with Crippen molar-refractivity contribution < 1.29 is 9.72 Å². The van der Waals surface area contributed by atoms with E-state index in [4.69, 9.17) is 0 Å². The number of hydrogen-bond acceptors (Lipinski definition) is 4. The summed E-state index contributed by atoms with van der Waals surface area (Å²) in [4.78, 5) is 22.9. The molecule has 1 saturated carbocycles. The zero-order chi connectivity index (χ0) is 16.9. The zero-order valence-electron chi connectivity index (χ0n) is 13.4. The van der Waals surface area contributed by atoms with Crippen LogP contribution in [0, 0.1) is 16.0 Å². The van der Waals surface area contributed by atoms with Crippen molar-refractivity contribution in [1.82, 2.24) is 0 Å². The second kappa shape index (κ2) is 7.25. The molecule has 0 saturated heterocycles. The van der Waals surface area contributed by atoms with Gasteiger partial charge in [-0.25, -0.2) is 0 Å². The van der Waals surface area contributed by atoms with Crippen LogP contribution in [0.15, 0.2) is 54.6 Å². The second-order valence-electron chi connectivity index (χ2n) is 6.16. The summed E-state index contributed by atoms with van der Waals surface area (Å²) in [5, 5.41) is 14.3. The first kappa shape index (κ1) is 16.2. The lowest BCUT2D eigenvalue weighted by Crippen LogP contribution is -2.30. The average Bonchev–Trinajstić information content (AvgIpc) is 2.61. The predicted octanol–water partition coefficient (Wildman–Crippen LogP) is 4.51. The van der Waals surface area contributed by atoms with Gasteiger partial charge >= 0.3 is 0 Å². The Morgan fingerprint density at radius 3 is 2.38 bits per heavy atom. The maximum Gasteiger partial charge on any atom is 0.269 e. The quantitative estimate of drug-likeness (QED) is 0.649. The van der Waals surface area contributed by atoms with Crippen LogP contribution in [0.25, 0.3) is 0 Å². The molecule has 1 aliphatic rings. The molecular weight excluding hydrogens is 304 g/mol. The molecule has 2 aromatic rings. The molecule has 0 spiro atoms. The fourth-order valence-corrected chi connectivity index (χ4v) is 3.30. The number of carbonyl (C=O) groups is 1. The van der Waals surface area contributed by atoms with E-state index in [0.29, 0.717) is 6.42 Å². The molecule has 0 aliphatic heterocycles. The van der Waals surface area contributed by atoms with Gasteiger partial charge in [0, 0.05) is 30.2 Å². The van der Waals surface area contributed by atoms with Gasteiger partial charge in [0.25, 0.3) is 5.69 Å². The van der Waals surface area contributed by atoms with Gasteiger partial charge < -0.3 is 5.32 Å². The Morgan fingerprint density at radius 2 is 1.75 bits per heavy atom. The van der Waals surface area contributed by atoms with E-state index in [0.717, 1.165) is 30.5 Å². The summed E-state index contributed by atoms with van der Waals surface area (Å²) in [5.41, 5.74) is 1.91. The maximum absolute atomic E-state index is 12.4. The maximum atomic E-state index is 12.4. The lowest BCUT2D eigenvalue weighted by Gasteiger charge is -2.31. The zero-order valence-corrected chi connectivity index (χ0v) is 13.4. The van der Waals surface area contributed by atoms with Crippen LogP contribution < -0.4 is 5.32 Å². The third-order valence-corrected chi connectivity index (χ3v) is 4.56. The van der Waals surface area contributed by atoms with Crippen LogP contribution in [-0.4, -0.2) is 10.7 Å². The molecule has 0 aromatic heterocycles. The fourth-order valence-electron chi connectivity index (χ4n) is 3.30. The number of rotatable bonds is 5. The number of anilines is 1. The Labute approximate surface area is 140 Å². The minimum Gasteiger partial charge on any atom is -0.378 e. The van der Waals surface area contributed by atoms with Crippen LogP contribution >= 0.6 is 0 Å². The highest BCUT2D eigenvalue weighted by Crippen LogP contribution is 2.35. The van der Waals surface area contributed by atoms with Crippen LogP contribution in [0.1, 0.15) is 37.3 Å². The Bertz CT molecular complexity index is 713. The number of benzene rings is 2. The number of carbonyl (C=O) groups excluding carboxylic acids is 1. The molecule has 0 radical (unpaired) electrons. The van der Waals surface area contributed by atoms with E-state index in [9.17, 15) is 14.9 Å². The molecule has 0 amide bonds. The summed E-state index contributed by atoms with van der Waals surface area (Å²) in [6.07, 6.45) is 3.45. The number of hydrogen-bond donors (Lipinski definition) is 1. The van der Waals surface area contributed by atoms with Crippen LogP contribution in [0.5, 0.6) is 0 Å². The van der Waals surface area contributed by atoms with Gasteiger partial charge in [-0.05, 0) is 30.5 Å². The molecule has 0 unspecified atom stereocenters. The van der Waals surface area contributed by atoms with Gasteiger partial charge in [0.2, 0.25) is 0 Å². The van der Waals surface area contributed by atoms with Crippen LogP contribution in [-0.2, 0) is 4.79 Å². The number of ketones is 1. The van der Waals surface area contributed by atoms with E-state index in [-0.39, 0.29) is 23.4 Å². The van der Waals surface area contributed by atoms with E-state index < -0.39 is 4.92 Å². The van der Waals surface area contributed by atoms with Crippen molar-refractivity contribution in [3.8, 4) is 0 Å². The molecule has 0 bridgehead atoms. The lowest BCUT2D eigenvalue weighted by atomic mass is 9.80. The summed E-state index contributed by atoms with van der Waals surface area (Å²) < 4.78 is 0. The van der Waals surface area contributed by atoms with E-state index in [1.165, 1.54) is 12.1 Å². The molecule has 24 heavy (non-hydrogen) atoms. The largest absolute Gasteiger partial charge is 0.378 e. The van der Waals surface area contributed by atoms with E-state index >= 15 is 0 Å². The summed E-state index contributed by atoms with van der Waals surface area (Å²) in [6, 6.07) is 16.1. The van der Waals surface area contributed by atoms with Gasteiger partial charge in [-0.15, -0.1) is 0 Å². The highest BCUT2D eigenvalue weighted by molar-refractivity contribution is 5.83. The normalized spacial score (nSPS) is 18.8. The van der Waals surface area contributed by atoms with Crippen LogP contribution in [0.3, 0.4) is 0 Å². The first-order valence-corrected chi connectivity index (χ1v) is 8.24. The number of para-hydroxylation sites is 1. The van der Waals surface area contributed by atoms with Crippen LogP contribution in [0.2, 0.25) is 0 Å². The highest BCUT2D eigenvalue weighted by atomic mass is 16.6. The van der Waals surface area contributed by atoms with Crippen molar-refractivity contribution >= 4 is 17.2 Å². The Hall–Kier alpha value is -2.69. The highest BCUT2D eigenvalue weighted by Gasteiger charge is 2.31. The van der Waals surface area contributed by atoms with Crippen molar-refractivity contribution in [2.24, 2.45) is 5.92 Å². The van der Waals surface area contributed by atoms with Gasteiger partial charge in [0.15, 0.2) is 0 Å². The minimum atomic E-state index is -0.408. The molecule has 2 atom stereocenters. The summed E-state index contributed by atoms with van der Waals surface area (Å²) in [6.45, 7) is 0. The molecule has 3 rings (SSSR count). The topological polar surface area (TPSA) is 72.2 Å². The molecule has 0 heterocycles. The van der Waals surface area contributed by atoms with Crippen molar-refractivity contribution in [2.75, 3.05) is 5.32 Å². The molecule has 1 N–H and O–H groups in total. The number of nitrogens with one attached hydrogen (secondary N) is 1. The first-order valence-electron chi connectivity index (χ1n) is 8.24. The number of nitrogens with zero attached hydrogens (tertiary/aromatic N) is 1. The molecular formula is C19H20N2O3. The van der Waals surface area contributed by atoms with Crippen molar-refractivity contribution in [2.45, 2.75) is 31.7 Å². The standard InChI is InChI=1S/C19H20N2O3/c22-18-9-5-4-8-17(18)19(20-15-6-2-1-3-7-15)14-10-12-16(13-11-14)21(23)24/h1-3,6-7,10-13,17,19-20H,4-5,8-9H2/t17-,19+/m0/s1. The smallest absolute Gasteiger partial charge is 0.269 e. The third-order valence-electron chi connectivity index (χ3n) is 4.56. The average molecular weight is 324 g/mol. The first-order chi connectivity index (χ1) is 11.6. The van der Waals surface area contributed by atoms with E-state index in [1.54, 1.807) is 12.1 Å². The third kappa shape index (κ3) is 3.62. The Kier molecular flexibility index (Phi) is 4.89. The molecule has 1 aliphatic carbocycles. The van der Waals surface area contributed by atoms with Crippen molar-refractivity contribution in [3.63, 3.8) is 0 Å². The molecule has 5 heteroatoms. The molecule has 2 aromatic carbocycles. The number of non-ortho nitro benzene ring substituents is 1. The van der Waals surface area contributed by atoms with E-state index in [2.05, 4.69) is 5.32 Å². The van der Waals surface area contributed by atoms with Gasteiger partial charge in [0.1, 0.15) is 5.78 Å². The minimum absolute atomic E-state index is 0.0622. The Balaban J connectivity index is 1.91. The van der Waals surface area contributed by atoms with Gasteiger partial charge in [-0.2, -0.15) is 0 Å². The molecule has 124 valence electrons. The van der Waals surface area contributed by atoms with Crippen molar-refractivity contribution in [3.05, 3.63) is 70.3 Å². The monoisotopic (exact) mass is 324 g/mol. The SMILES string of the molecule is O=C1CCCC[C@@H]1[C@H](Nc1ccccc1)c1ccc([N+](=O)[O-])cc1. The summed E-state index contributed by atoms with van der Waals surface area (Å²) >= 11 is 0. The number of nitro benzene ring substituents is 1. The summed E-state index contributed by atoms with van der Waals surface area (Å²) in [5.74, 6) is 0.174.